The van der Waals surface area contributed by atoms with Crippen LogP contribution in [0.1, 0.15) is 6.42 Å². The molecule has 2 rings (SSSR count). The first-order chi connectivity index (χ1) is 8.60. The van der Waals surface area contributed by atoms with Crippen molar-refractivity contribution < 1.29 is 14.6 Å². The number of carbonyl (C=O) groups is 1. The van der Waals surface area contributed by atoms with Crippen LogP contribution < -0.4 is 15.4 Å². The summed E-state index contributed by atoms with van der Waals surface area (Å²) in [6, 6.07) is 7.49. The number of benzene rings is 1. The van der Waals surface area contributed by atoms with E-state index in [2.05, 4.69) is 0 Å². The number of ether oxygens (including phenoxy) is 1. The van der Waals surface area contributed by atoms with Crippen LogP contribution in [-0.2, 0) is 4.79 Å². The van der Waals surface area contributed by atoms with Crippen molar-refractivity contribution in [3.8, 4) is 5.75 Å². The van der Waals surface area contributed by atoms with Crippen LogP contribution in [0.4, 0.5) is 5.69 Å². The first-order valence-corrected chi connectivity index (χ1v) is 5.97. The van der Waals surface area contributed by atoms with Crippen LogP contribution in [0.2, 0.25) is 0 Å². The number of anilines is 1. The van der Waals surface area contributed by atoms with Crippen LogP contribution in [0.3, 0.4) is 0 Å². The second kappa shape index (κ2) is 5.27. The second-order valence-corrected chi connectivity index (χ2v) is 4.64. The summed E-state index contributed by atoms with van der Waals surface area (Å²) in [7, 11) is 1.61. The fourth-order valence-electron chi connectivity index (χ4n) is 2.34. The number of methoxy groups -OCH3 is 1. The van der Waals surface area contributed by atoms with E-state index in [0.29, 0.717) is 19.5 Å². The van der Waals surface area contributed by atoms with Gasteiger partial charge in [0.1, 0.15) is 5.75 Å². The van der Waals surface area contributed by atoms with E-state index in [1.54, 1.807) is 7.11 Å². The first kappa shape index (κ1) is 12.7. The number of hydrogen-bond acceptors (Lipinski definition) is 4. The van der Waals surface area contributed by atoms with Crippen LogP contribution in [0, 0.1) is 5.92 Å². The summed E-state index contributed by atoms with van der Waals surface area (Å²) in [5.41, 5.74) is 6.88. The lowest BCUT2D eigenvalue weighted by Gasteiger charge is -2.36. The minimum atomic E-state index is -0.780. The molecule has 18 heavy (non-hydrogen) atoms. The van der Waals surface area contributed by atoms with Gasteiger partial charge in [-0.2, -0.15) is 0 Å². The maximum Gasteiger partial charge on any atom is 0.308 e. The molecule has 1 aromatic carbocycles. The van der Waals surface area contributed by atoms with Gasteiger partial charge in [-0.3, -0.25) is 4.79 Å². The molecule has 0 amide bonds. The molecule has 1 aliphatic rings. The molecule has 0 radical (unpaired) electrons. The molecule has 5 heteroatoms. The summed E-state index contributed by atoms with van der Waals surface area (Å²) in [5, 5.41) is 9.11. The van der Waals surface area contributed by atoms with Gasteiger partial charge in [-0.25, -0.2) is 0 Å². The van der Waals surface area contributed by atoms with E-state index >= 15 is 0 Å². The number of carboxylic acids is 1. The highest BCUT2D eigenvalue weighted by atomic mass is 16.5. The monoisotopic (exact) mass is 250 g/mol. The molecule has 2 unspecified atom stereocenters. The van der Waals surface area contributed by atoms with E-state index in [4.69, 9.17) is 15.6 Å². The Kier molecular flexibility index (Phi) is 3.72. The smallest absolute Gasteiger partial charge is 0.308 e. The predicted octanol–water partition coefficient (Wildman–Crippen LogP) is 0.933. The fourth-order valence-corrected chi connectivity index (χ4v) is 2.34. The third-order valence-corrected chi connectivity index (χ3v) is 3.25. The van der Waals surface area contributed by atoms with Gasteiger partial charge in [-0.1, -0.05) is 6.07 Å². The summed E-state index contributed by atoms with van der Waals surface area (Å²) in [5.74, 6) is -0.420. The van der Waals surface area contributed by atoms with Gasteiger partial charge >= 0.3 is 5.97 Å². The van der Waals surface area contributed by atoms with Crippen LogP contribution >= 0.6 is 0 Å². The predicted molar refractivity (Wildman–Crippen MR) is 68.9 cm³/mol. The van der Waals surface area contributed by atoms with Crippen LogP contribution in [-0.4, -0.2) is 37.3 Å². The van der Waals surface area contributed by atoms with Gasteiger partial charge in [-0.15, -0.1) is 0 Å². The summed E-state index contributed by atoms with van der Waals surface area (Å²) in [4.78, 5) is 13.1. The molecule has 1 heterocycles. The highest BCUT2D eigenvalue weighted by Gasteiger charge is 2.29. The molecule has 1 aromatic rings. The summed E-state index contributed by atoms with van der Waals surface area (Å²) < 4.78 is 5.17. The quantitative estimate of drug-likeness (QED) is 0.834. The standard InChI is InChI=1S/C13H18N2O3/c1-18-12-4-2-3-11(6-12)15-7-9(13(16)17)5-10(14)8-15/h2-4,6,9-10H,5,7-8,14H2,1H3,(H,16,17). The van der Waals surface area contributed by atoms with Crippen molar-refractivity contribution in [2.45, 2.75) is 12.5 Å². The van der Waals surface area contributed by atoms with Crippen molar-refractivity contribution in [3.05, 3.63) is 24.3 Å². The maximum absolute atomic E-state index is 11.1. The van der Waals surface area contributed by atoms with E-state index in [1.165, 1.54) is 0 Å². The summed E-state index contributed by atoms with van der Waals surface area (Å²) >= 11 is 0. The van der Waals surface area contributed by atoms with Gasteiger partial charge in [0.15, 0.2) is 0 Å². The Labute approximate surface area is 106 Å². The normalized spacial score (nSPS) is 23.8. The van der Waals surface area contributed by atoms with Crippen molar-refractivity contribution in [2.75, 3.05) is 25.1 Å². The number of aliphatic carboxylic acids is 1. The molecule has 0 aromatic heterocycles. The average molecular weight is 250 g/mol. The maximum atomic E-state index is 11.1. The molecule has 0 bridgehead atoms. The minimum absolute atomic E-state index is 0.106. The van der Waals surface area contributed by atoms with Crippen molar-refractivity contribution >= 4 is 11.7 Å². The molecule has 3 N–H and O–H groups in total. The molecule has 1 aliphatic heterocycles. The zero-order valence-electron chi connectivity index (χ0n) is 10.4. The molecule has 2 atom stereocenters. The number of hydrogen-bond donors (Lipinski definition) is 2. The zero-order valence-corrected chi connectivity index (χ0v) is 10.4. The van der Waals surface area contributed by atoms with Crippen LogP contribution in [0.15, 0.2) is 24.3 Å². The lowest BCUT2D eigenvalue weighted by molar-refractivity contribution is -0.142. The van der Waals surface area contributed by atoms with Gasteiger partial charge in [0.05, 0.1) is 13.0 Å². The minimum Gasteiger partial charge on any atom is -0.497 e. The zero-order chi connectivity index (χ0) is 13.1. The lowest BCUT2D eigenvalue weighted by Crippen LogP contribution is -2.49. The third-order valence-electron chi connectivity index (χ3n) is 3.25. The van der Waals surface area contributed by atoms with Gasteiger partial charge in [0.25, 0.3) is 0 Å². The molecule has 5 nitrogen and oxygen atoms in total. The summed E-state index contributed by atoms with van der Waals surface area (Å²) in [6.45, 7) is 1.17. The van der Waals surface area contributed by atoms with Gasteiger partial charge in [0, 0.05) is 30.9 Å². The van der Waals surface area contributed by atoms with Gasteiger partial charge in [-0.05, 0) is 18.6 Å². The van der Waals surface area contributed by atoms with Crippen molar-refractivity contribution in [1.29, 1.82) is 0 Å². The molecule has 0 spiro atoms. The number of carboxylic acid groups (broad SMARTS) is 1. The van der Waals surface area contributed by atoms with Crippen LogP contribution in [0.25, 0.3) is 0 Å². The Balaban J connectivity index is 2.18. The largest absolute Gasteiger partial charge is 0.497 e. The van der Waals surface area contributed by atoms with Crippen molar-refractivity contribution in [3.63, 3.8) is 0 Å². The number of nitrogens with two attached hydrogens (primary N) is 1. The molecule has 0 saturated carbocycles. The van der Waals surface area contributed by atoms with Crippen molar-refractivity contribution in [2.24, 2.45) is 11.7 Å². The van der Waals surface area contributed by atoms with Gasteiger partial charge < -0.3 is 20.5 Å². The molecular weight excluding hydrogens is 232 g/mol. The molecule has 98 valence electrons. The first-order valence-electron chi connectivity index (χ1n) is 5.97. The fraction of sp³-hybridized carbons (Fsp3) is 0.462. The highest BCUT2D eigenvalue weighted by molar-refractivity contribution is 5.71. The molecular formula is C13H18N2O3. The van der Waals surface area contributed by atoms with Gasteiger partial charge in [0.2, 0.25) is 0 Å². The second-order valence-electron chi connectivity index (χ2n) is 4.64. The average Bonchev–Trinajstić information content (AvgIpc) is 2.38. The summed E-state index contributed by atoms with van der Waals surface area (Å²) in [6.07, 6.45) is 0.538. The van der Waals surface area contributed by atoms with E-state index in [0.717, 1.165) is 11.4 Å². The number of rotatable bonds is 3. The SMILES string of the molecule is COc1cccc(N2CC(N)CC(C(=O)O)C2)c1. The Morgan fingerprint density at radius 1 is 1.50 bits per heavy atom. The Hall–Kier alpha value is -1.75. The van der Waals surface area contributed by atoms with E-state index in [-0.39, 0.29) is 6.04 Å². The van der Waals surface area contributed by atoms with Crippen molar-refractivity contribution in [1.82, 2.24) is 0 Å². The Bertz CT molecular complexity index is 436. The highest BCUT2D eigenvalue weighted by Crippen LogP contribution is 2.26. The Morgan fingerprint density at radius 2 is 2.28 bits per heavy atom. The molecule has 1 saturated heterocycles. The van der Waals surface area contributed by atoms with Crippen LogP contribution in [0.5, 0.6) is 5.75 Å². The van der Waals surface area contributed by atoms with E-state index in [1.807, 2.05) is 29.2 Å². The molecule has 0 aliphatic carbocycles. The number of piperidine rings is 1. The number of nitrogens with zero attached hydrogens (tertiary/aromatic N) is 1. The lowest BCUT2D eigenvalue weighted by atomic mass is 9.94. The topological polar surface area (TPSA) is 75.8 Å². The third kappa shape index (κ3) is 2.73. The van der Waals surface area contributed by atoms with E-state index < -0.39 is 11.9 Å². The van der Waals surface area contributed by atoms with E-state index in [9.17, 15) is 4.79 Å². The molecule has 1 fully saturated rings. The Morgan fingerprint density at radius 3 is 2.94 bits per heavy atom.